The molecule has 0 bridgehead atoms. The Balaban J connectivity index is -0.000000228. The van der Waals surface area contributed by atoms with Gasteiger partial charge in [0.15, 0.2) is 5.78 Å². The molecule has 284 valence electrons. The van der Waals surface area contributed by atoms with E-state index >= 15 is 0 Å². The van der Waals surface area contributed by atoms with Crippen LogP contribution in [0.25, 0.3) is 0 Å². The number of aliphatic hydroxyl groups excluding tert-OH is 1. The maximum atomic E-state index is 12.0. The summed E-state index contributed by atoms with van der Waals surface area (Å²) in [6.07, 6.45) is 13.3. The molecule has 18 N–H and O–H groups in total. The van der Waals surface area contributed by atoms with Gasteiger partial charge in [0.05, 0.1) is 6.10 Å². The summed E-state index contributed by atoms with van der Waals surface area (Å²) < 4.78 is 115. The Morgan fingerprint density at radius 2 is 1.32 bits per heavy atom. The number of allylic oxidation sites excluding steroid dienone is 4. The van der Waals surface area contributed by atoms with Crippen LogP contribution in [0.15, 0.2) is 23.8 Å². The van der Waals surface area contributed by atoms with E-state index in [-0.39, 0.29) is 79.0 Å². The van der Waals surface area contributed by atoms with E-state index in [9.17, 15) is 41.0 Å². The number of halogens is 6. The molecule has 3 saturated carbocycles. The number of hydrogen-bond donors (Lipinski definition) is 8. The molecule has 0 aliphatic heterocycles. The number of carbonyl (C=O) groups is 2. The van der Waals surface area contributed by atoms with Gasteiger partial charge in [-0.2, -0.15) is 43.2 Å². The van der Waals surface area contributed by atoms with Crippen LogP contribution in [-0.4, -0.2) is 59.7 Å². The van der Waals surface area contributed by atoms with Crippen LogP contribution in [0.2, 0.25) is 0 Å². The van der Waals surface area contributed by atoms with Crippen molar-refractivity contribution in [3.05, 3.63) is 23.8 Å². The smallest absolute Gasteiger partial charge is 0.393 e. The molecule has 0 aromatic carbocycles. The van der Waals surface area contributed by atoms with Gasteiger partial charge in [0.2, 0.25) is 0 Å². The van der Waals surface area contributed by atoms with E-state index in [1.54, 1.807) is 13.0 Å². The molecular formula is C24H47F6N5O9OsS2. The predicted molar refractivity (Wildman–Crippen MR) is 157 cm³/mol. The summed E-state index contributed by atoms with van der Waals surface area (Å²) in [4.78, 5) is 23.7. The summed E-state index contributed by atoms with van der Waals surface area (Å²) in [6, 6.07) is 0. The molecule has 0 spiro atoms. The second kappa shape index (κ2) is 19.1. The fourth-order valence-corrected chi connectivity index (χ4v) is 6.80. The topological polar surface area (TPSA) is 338 Å². The van der Waals surface area contributed by atoms with Crippen molar-refractivity contribution in [2.45, 2.75) is 82.3 Å². The molecule has 47 heavy (non-hydrogen) atoms. The molecule has 0 aromatic heterocycles. The molecule has 4 aliphatic carbocycles. The third kappa shape index (κ3) is 12.5. The minimum absolute atomic E-state index is 0. The SMILES string of the molecule is CC(=O)CC[C@]12C=CC(=O)C=C1CC[C@H]1[C@@H]3CC[C@H](O)[C@@]3(C)CC[C@@H]12.N.N.N.N.N.O=S(=O)(O)C(F)(F)F.O=S(=O)(O)C(F)(F)F.[Os]. The molecule has 6 atom stereocenters. The second-order valence-corrected chi connectivity index (χ2v) is 13.9. The average molecular weight is 918 g/mol. The molecule has 0 amide bonds. The predicted octanol–water partition coefficient (Wildman–Crippen LogP) is 5.60. The Hall–Kier alpha value is -1.38. The summed E-state index contributed by atoms with van der Waals surface area (Å²) in [7, 11) is -11.7. The van der Waals surface area contributed by atoms with E-state index in [0.29, 0.717) is 24.2 Å². The number of alkyl halides is 6. The van der Waals surface area contributed by atoms with Crippen molar-refractivity contribution in [2.24, 2.45) is 28.6 Å². The van der Waals surface area contributed by atoms with Gasteiger partial charge in [-0.3, -0.25) is 13.9 Å². The summed E-state index contributed by atoms with van der Waals surface area (Å²) >= 11 is 0. The van der Waals surface area contributed by atoms with Crippen molar-refractivity contribution >= 4 is 31.8 Å². The van der Waals surface area contributed by atoms with Gasteiger partial charge in [-0.1, -0.05) is 18.6 Å². The fraction of sp³-hybridized carbons (Fsp3) is 0.750. The summed E-state index contributed by atoms with van der Waals surface area (Å²) in [5.74, 6) is 2.04. The number of carbonyl (C=O) groups excluding carboxylic acids is 2. The monoisotopic (exact) mass is 919 g/mol. The van der Waals surface area contributed by atoms with Crippen LogP contribution in [0.3, 0.4) is 0 Å². The molecule has 0 heterocycles. The van der Waals surface area contributed by atoms with Gasteiger partial charge in [-0.05, 0) is 87.2 Å². The molecular weight excluding hydrogens is 871 g/mol. The standard InChI is InChI=1S/C22H30O3.2CHF3O3S.5H3N.Os/c1-14(23)7-11-22-12-8-16(24)13-15(22)3-4-17-18-5-6-20(25)21(18,2)10-9-19(17)22;2*2-1(3,4)8(5,6)7;;;;;;/h8,12-13,17-20,25H,3-7,9-11H2,1-2H3;2*(H,5,6,7);5*1H3;/t17-,18-,19-,20-,21-,22-;;;;;;;;/m0......../s1. The molecule has 23 heteroatoms. The minimum atomic E-state index is -5.84. The van der Waals surface area contributed by atoms with Crippen LogP contribution in [-0.2, 0) is 49.6 Å². The van der Waals surface area contributed by atoms with Crippen LogP contribution >= 0.6 is 0 Å². The Labute approximate surface area is 283 Å². The Morgan fingerprint density at radius 1 is 0.872 bits per heavy atom. The van der Waals surface area contributed by atoms with Gasteiger partial charge in [0.1, 0.15) is 5.78 Å². The number of rotatable bonds is 3. The van der Waals surface area contributed by atoms with Crippen LogP contribution in [0.1, 0.15) is 65.2 Å². The van der Waals surface area contributed by atoms with E-state index < -0.39 is 31.3 Å². The van der Waals surface area contributed by atoms with Gasteiger partial charge in [0.25, 0.3) is 0 Å². The molecule has 4 rings (SSSR count). The van der Waals surface area contributed by atoms with Gasteiger partial charge in [-0.15, -0.1) is 0 Å². The number of fused-ring (bicyclic) bond motifs is 5. The van der Waals surface area contributed by atoms with Gasteiger partial charge >= 0.3 is 31.3 Å². The van der Waals surface area contributed by atoms with E-state index in [1.807, 2.05) is 6.08 Å². The van der Waals surface area contributed by atoms with Crippen molar-refractivity contribution in [2.75, 3.05) is 0 Å². The van der Waals surface area contributed by atoms with Crippen LogP contribution in [0.5, 0.6) is 0 Å². The zero-order chi connectivity index (χ0) is 31.8. The first-order valence-corrected chi connectivity index (χ1v) is 15.4. The van der Waals surface area contributed by atoms with E-state index in [4.69, 9.17) is 25.9 Å². The van der Waals surface area contributed by atoms with Crippen LogP contribution in [0, 0.1) is 28.6 Å². The third-order valence-corrected chi connectivity index (χ3v) is 9.90. The zero-order valence-electron chi connectivity index (χ0n) is 26.0. The first-order valence-electron chi connectivity index (χ1n) is 12.6. The maximum Gasteiger partial charge on any atom is 0.522 e. The number of Topliss-reactive ketones (excluding diaryl/α,β-unsaturated/α-hetero) is 1. The minimum Gasteiger partial charge on any atom is -0.393 e. The fourth-order valence-electron chi connectivity index (χ4n) is 6.80. The van der Waals surface area contributed by atoms with E-state index in [2.05, 4.69) is 13.0 Å². The molecule has 3 fully saturated rings. The third-order valence-electron chi connectivity index (χ3n) is 8.73. The molecule has 4 aliphatic rings. The summed E-state index contributed by atoms with van der Waals surface area (Å²) in [5, 5.41) is 10.6. The van der Waals surface area contributed by atoms with Crippen molar-refractivity contribution in [1.29, 1.82) is 0 Å². The number of hydrogen-bond acceptors (Lipinski definition) is 12. The molecule has 0 unspecified atom stereocenters. The Bertz CT molecular complexity index is 1270. The van der Waals surface area contributed by atoms with Crippen molar-refractivity contribution in [3.8, 4) is 0 Å². The van der Waals surface area contributed by atoms with Crippen LogP contribution in [0.4, 0.5) is 26.3 Å². The van der Waals surface area contributed by atoms with E-state index in [1.165, 1.54) is 5.57 Å². The van der Waals surface area contributed by atoms with Crippen molar-refractivity contribution in [3.63, 3.8) is 0 Å². The maximum absolute atomic E-state index is 12.0. The number of ketones is 2. The second-order valence-electron chi connectivity index (χ2n) is 11.0. The van der Waals surface area contributed by atoms with Gasteiger partial charge in [0, 0.05) is 31.6 Å². The molecule has 0 aromatic rings. The number of aliphatic hydroxyl groups is 1. The van der Waals surface area contributed by atoms with Gasteiger partial charge < -0.3 is 40.7 Å². The zero-order valence-corrected chi connectivity index (χ0v) is 30.1. The van der Waals surface area contributed by atoms with E-state index in [0.717, 1.165) is 44.9 Å². The van der Waals surface area contributed by atoms with Gasteiger partial charge in [-0.25, -0.2) is 0 Å². The van der Waals surface area contributed by atoms with Crippen molar-refractivity contribution in [1.82, 2.24) is 30.8 Å². The Kier molecular flexibility index (Phi) is 22.4. The Morgan fingerprint density at radius 3 is 1.72 bits per heavy atom. The molecule has 14 nitrogen and oxygen atoms in total. The molecule has 0 saturated heterocycles. The normalized spacial score (nSPS) is 28.9. The quantitative estimate of drug-likeness (QED) is 0.0971. The first kappa shape index (κ1) is 55.0. The summed E-state index contributed by atoms with van der Waals surface area (Å²) in [5.41, 5.74) is -9.83. The summed E-state index contributed by atoms with van der Waals surface area (Å²) in [6.45, 7) is 3.96. The average Bonchev–Trinajstić information content (AvgIpc) is 3.10. The largest absolute Gasteiger partial charge is 0.522 e. The first-order chi connectivity index (χ1) is 18.4. The van der Waals surface area contributed by atoms with Crippen LogP contribution < -0.4 is 30.8 Å². The van der Waals surface area contributed by atoms with Crippen molar-refractivity contribution < 1.29 is 86.8 Å². The molecule has 0 radical (unpaired) electrons.